The Morgan fingerprint density at radius 1 is 1.24 bits per heavy atom. The van der Waals surface area contributed by atoms with Crippen LogP contribution in [0.3, 0.4) is 0 Å². The summed E-state index contributed by atoms with van der Waals surface area (Å²) in [5.41, 5.74) is 1.71. The maximum atomic E-state index is 12.8. The van der Waals surface area contributed by atoms with Crippen LogP contribution >= 0.6 is 0 Å². The van der Waals surface area contributed by atoms with Crippen molar-refractivity contribution in [2.24, 2.45) is 11.8 Å². The minimum Gasteiger partial charge on any atom is -0.346 e. The van der Waals surface area contributed by atoms with Crippen molar-refractivity contribution in [1.29, 1.82) is 5.26 Å². The van der Waals surface area contributed by atoms with E-state index in [1.165, 1.54) is 14.2 Å². The minimum absolute atomic E-state index is 0.0826. The van der Waals surface area contributed by atoms with Gasteiger partial charge < -0.3 is 9.47 Å². The van der Waals surface area contributed by atoms with E-state index in [9.17, 15) is 10.1 Å². The van der Waals surface area contributed by atoms with Crippen molar-refractivity contribution >= 4 is 5.78 Å². The van der Waals surface area contributed by atoms with Gasteiger partial charge in [0.05, 0.1) is 12.0 Å². The minimum atomic E-state index is -1.31. The van der Waals surface area contributed by atoms with Crippen LogP contribution in [-0.2, 0) is 14.3 Å². The third kappa shape index (κ3) is 1.85. The lowest BCUT2D eigenvalue weighted by Gasteiger charge is -2.49. The lowest BCUT2D eigenvalue weighted by atomic mass is 9.60. The maximum Gasteiger partial charge on any atom is 0.236 e. The number of methoxy groups -OCH3 is 2. The zero-order chi connectivity index (χ0) is 15.0. The molecule has 1 aromatic carbocycles. The second-order valence-corrected chi connectivity index (χ2v) is 5.51. The van der Waals surface area contributed by atoms with Crippen LogP contribution in [-0.4, -0.2) is 25.8 Å². The summed E-state index contributed by atoms with van der Waals surface area (Å²) in [7, 11) is 2.93. The van der Waals surface area contributed by atoms with Crippen LogP contribution in [0.1, 0.15) is 17.9 Å². The van der Waals surface area contributed by atoms with Gasteiger partial charge in [-0.25, -0.2) is 0 Å². The second-order valence-electron chi connectivity index (χ2n) is 5.51. The Bertz CT molecular complexity index is 625. The lowest BCUT2D eigenvalue weighted by Crippen LogP contribution is -2.59. The molecule has 1 saturated carbocycles. The third-order valence-electron chi connectivity index (χ3n) is 4.73. The molecule has 3 aliphatic rings. The number of Topliss-reactive ketones (excluding diaryl/α,β-unsaturated/α-hetero) is 1. The standard InChI is InChI=1S/C17H17NO3/c1-20-17(21-2)15-9-13(11-6-4-3-5-7-11)14(16(17)19)8-12(15)10-18/h3-8,13-15H,9H2,1-2H3/t13-,14+,15+/m1/s1. The molecule has 0 N–H and O–H groups in total. The Morgan fingerprint density at radius 2 is 1.90 bits per heavy atom. The van der Waals surface area contributed by atoms with Gasteiger partial charge in [-0.3, -0.25) is 4.79 Å². The van der Waals surface area contributed by atoms with E-state index in [0.29, 0.717) is 12.0 Å². The molecule has 1 aromatic rings. The fraction of sp³-hybridized carbons (Fsp3) is 0.412. The van der Waals surface area contributed by atoms with Crippen LogP contribution in [0.2, 0.25) is 0 Å². The predicted octanol–water partition coefficient (Wildman–Crippen LogP) is 2.43. The van der Waals surface area contributed by atoms with Gasteiger partial charge in [0, 0.05) is 25.7 Å². The Kier molecular flexibility index (Phi) is 3.40. The number of carbonyl (C=O) groups excluding carboxylic acids is 1. The highest BCUT2D eigenvalue weighted by Gasteiger charge is 2.60. The van der Waals surface area contributed by atoms with Crippen molar-refractivity contribution in [3.63, 3.8) is 0 Å². The molecular formula is C17H17NO3. The Morgan fingerprint density at radius 3 is 2.48 bits per heavy atom. The molecule has 3 atom stereocenters. The molecule has 0 spiro atoms. The number of allylic oxidation sites excluding steroid dienone is 1. The quantitative estimate of drug-likeness (QED) is 0.799. The number of ether oxygens (including phenoxy) is 2. The van der Waals surface area contributed by atoms with Crippen molar-refractivity contribution in [3.05, 3.63) is 47.5 Å². The molecule has 0 aliphatic heterocycles. The van der Waals surface area contributed by atoms with Crippen LogP contribution in [0, 0.1) is 23.2 Å². The average Bonchev–Trinajstić information content (AvgIpc) is 2.56. The van der Waals surface area contributed by atoms with Crippen molar-refractivity contribution in [3.8, 4) is 6.07 Å². The first kappa shape index (κ1) is 14.0. The summed E-state index contributed by atoms with van der Waals surface area (Å²) in [6.07, 6.45) is 2.48. The molecule has 4 nitrogen and oxygen atoms in total. The topological polar surface area (TPSA) is 59.3 Å². The number of hydrogen-bond acceptors (Lipinski definition) is 4. The maximum absolute atomic E-state index is 12.8. The van der Waals surface area contributed by atoms with E-state index < -0.39 is 5.79 Å². The highest BCUT2D eigenvalue weighted by atomic mass is 16.7. The van der Waals surface area contributed by atoms with Crippen molar-refractivity contribution < 1.29 is 14.3 Å². The third-order valence-corrected chi connectivity index (χ3v) is 4.73. The van der Waals surface area contributed by atoms with Crippen molar-refractivity contribution in [2.75, 3.05) is 14.2 Å². The molecule has 0 heterocycles. The van der Waals surface area contributed by atoms with E-state index in [1.807, 2.05) is 30.3 Å². The van der Waals surface area contributed by atoms with E-state index in [2.05, 4.69) is 6.07 Å². The lowest BCUT2D eigenvalue weighted by molar-refractivity contribution is -0.238. The average molecular weight is 283 g/mol. The van der Waals surface area contributed by atoms with Crippen LogP contribution in [0.5, 0.6) is 0 Å². The summed E-state index contributed by atoms with van der Waals surface area (Å²) in [4.78, 5) is 12.8. The smallest absolute Gasteiger partial charge is 0.236 e. The van der Waals surface area contributed by atoms with E-state index in [4.69, 9.17) is 9.47 Å². The fourth-order valence-electron chi connectivity index (χ4n) is 3.70. The first-order valence-electron chi connectivity index (χ1n) is 6.99. The van der Waals surface area contributed by atoms with Gasteiger partial charge in [-0.1, -0.05) is 36.4 Å². The van der Waals surface area contributed by atoms with Crippen LogP contribution in [0.4, 0.5) is 0 Å². The zero-order valence-electron chi connectivity index (χ0n) is 12.1. The first-order valence-corrected chi connectivity index (χ1v) is 6.99. The molecule has 0 amide bonds. The molecular weight excluding hydrogens is 266 g/mol. The molecule has 0 aromatic heterocycles. The van der Waals surface area contributed by atoms with Gasteiger partial charge in [-0.15, -0.1) is 0 Å². The van der Waals surface area contributed by atoms with Crippen molar-refractivity contribution in [1.82, 2.24) is 0 Å². The summed E-state index contributed by atoms with van der Waals surface area (Å²) in [6, 6.07) is 12.1. The highest BCUT2D eigenvalue weighted by Crippen LogP contribution is 2.52. The van der Waals surface area contributed by atoms with E-state index in [-0.39, 0.29) is 23.5 Å². The summed E-state index contributed by atoms with van der Waals surface area (Å²) in [5.74, 6) is -2.03. The Hall–Kier alpha value is -1.96. The van der Waals surface area contributed by atoms with Crippen molar-refractivity contribution in [2.45, 2.75) is 18.1 Å². The predicted molar refractivity (Wildman–Crippen MR) is 76.2 cm³/mol. The second kappa shape index (κ2) is 5.10. The van der Waals surface area contributed by atoms with Gasteiger partial charge in [0.1, 0.15) is 0 Å². The number of fused-ring (bicyclic) bond motifs is 2. The van der Waals surface area contributed by atoms with Gasteiger partial charge >= 0.3 is 0 Å². The Labute approximate surface area is 124 Å². The number of benzene rings is 1. The molecule has 1 fully saturated rings. The fourth-order valence-corrected chi connectivity index (χ4v) is 3.70. The zero-order valence-corrected chi connectivity index (χ0v) is 12.1. The molecule has 4 rings (SSSR count). The monoisotopic (exact) mass is 283 g/mol. The van der Waals surface area contributed by atoms with Gasteiger partial charge in [0.25, 0.3) is 0 Å². The van der Waals surface area contributed by atoms with Gasteiger partial charge in [0.15, 0.2) is 5.78 Å². The summed E-state index contributed by atoms with van der Waals surface area (Å²) in [5, 5.41) is 9.34. The number of carbonyl (C=O) groups is 1. The largest absolute Gasteiger partial charge is 0.346 e. The van der Waals surface area contributed by atoms with E-state index in [1.54, 1.807) is 6.08 Å². The van der Waals surface area contributed by atoms with Crippen LogP contribution < -0.4 is 0 Å². The molecule has 4 heteroatoms. The van der Waals surface area contributed by atoms with E-state index >= 15 is 0 Å². The first-order chi connectivity index (χ1) is 10.2. The van der Waals surface area contributed by atoms with Gasteiger partial charge in [-0.05, 0) is 17.9 Å². The highest BCUT2D eigenvalue weighted by molar-refractivity contribution is 5.94. The summed E-state index contributed by atoms with van der Waals surface area (Å²) >= 11 is 0. The number of ketones is 1. The molecule has 108 valence electrons. The number of nitriles is 1. The Balaban J connectivity index is 2.07. The molecule has 21 heavy (non-hydrogen) atoms. The molecule has 0 saturated heterocycles. The van der Waals surface area contributed by atoms with E-state index in [0.717, 1.165) is 5.56 Å². The van der Waals surface area contributed by atoms with Crippen LogP contribution in [0.25, 0.3) is 0 Å². The normalized spacial score (nSPS) is 29.9. The van der Waals surface area contributed by atoms with Gasteiger partial charge in [-0.2, -0.15) is 5.26 Å². The van der Waals surface area contributed by atoms with Gasteiger partial charge in [0.2, 0.25) is 5.79 Å². The number of hydrogen-bond donors (Lipinski definition) is 0. The molecule has 2 bridgehead atoms. The van der Waals surface area contributed by atoms with Crippen LogP contribution in [0.15, 0.2) is 42.0 Å². The molecule has 0 unspecified atom stereocenters. The molecule has 0 radical (unpaired) electrons. The number of rotatable bonds is 3. The summed E-state index contributed by atoms with van der Waals surface area (Å²) in [6.45, 7) is 0. The number of nitrogens with zero attached hydrogens (tertiary/aromatic N) is 1. The SMILES string of the molecule is COC1(OC)C(=O)[C@H]2C=C(C#N)[C@@H]1C[C@@H]2c1ccccc1. The molecule has 3 aliphatic carbocycles. The summed E-state index contributed by atoms with van der Waals surface area (Å²) < 4.78 is 10.9.